The molecule has 0 aromatic rings. The molecule has 3 N–H and O–H groups in total. The van der Waals surface area contributed by atoms with E-state index in [2.05, 4.69) is 10.5 Å². The monoisotopic (exact) mass is 118 g/mol. The van der Waals surface area contributed by atoms with E-state index < -0.39 is 0 Å². The Morgan fingerprint density at radius 3 is 2.75 bits per heavy atom. The number of esters is 1. The molecule has 0 aliphatic heterocycles. The molecule has 3 nitrogen and oxygen atoms in total. The molecular weight excluding hydrogens is 106 g/mol. The van der Waals surface area contributed by atoms with Gasteiger partial charge in [-0.25, -0.2) is 0 Å². The molecule has 0 heterocycles. The number of carbonyl (C=O) groups excluding carboxylic acids is 1. The van der Waals surface area contributed by atoms with Crippen LogP contribution in [-0.2, 0) is 9.53 Å². The Hall–Kier alpha value is -0.570. The van der Waals surface area contributed by atoms with E-state index in [0.717, 1.165) is 13.0 Å². The van der Waals surface area contributed by atoms with Gasteiger partial charge in [0, 0.05) is 13.3 Å². The highest BCUT2D eigenvalue weighted by Crippen LogP contribution is 1.77. The van der Waals surface area contributed by atoms with E-state index in [9.17, 15) is 4.79 Å². The normalized spacial score (nSPS) is 8.75. The number of carbonyl (C=O) groups is 1. The van der Waals surface area contributed by atoms with Gasteiger partial charge in [-0.1, -0.05) is 0 Å². The molecule has 0 saturated heterocycles. The third kappa shape index (κ3) is 5.43. The summed E-state index contributed by atoms with van der Waals surface area (Å²) in [5, 5.41) is 0. The number of hydrogen-bond donors (Lipinski definition) is 1. The Kier molecular flexibility index (Phi) is 4.26. The molecule has 0 atom stereocenters. The van der Waals surface area contributed by atoms with Gasteiger partial charge >= 0.3 is 5.97 Å². The topological polar surface area (TPSA) is 53.9 Å². The van der Waals surface area contributed by atoms with Crippen molar-refractivity contribution in [2.75, 3.05) is 13.2 Å². The van der Waals surface area contributed by atoms with Gasteiger partial charge in [0.05, 0.1) is 13.2 Å². The minimum Gasteiger partial charge on any atom is -0.466 e. The average molecular weight is 118 g/mol. The van der Waals surface area contributed by atoms with Crippen LogP contribution < -0.4 is 5.73 Å². The smallest absolute Gasteiger partial charge is 0.302 e. The molecule has 0 fully saturated rings. The molecular formula is C5H12NO2+. The van der Waals surface area contributed by atoms with Crippen molar-refractivity contribution in [2.24, 2.45) is 0 Å². The second-order valence-corrected chi connectivity index (χ2v) is 1.55. The summed E-state index contributed by atoms with van der Waals surface area (Å²) in [5.41, 5.74) is 3.59. The first-order valence-corrected chi connectivity index (χ1v) is 2.70. The van der Waals surface area contributed by atoms with Gasteiger partial charge in [-0.2, -0.15) is 0 Å². The van der Waals surface area contributed by atoms with Crippen LogP contribution >= 0.6 is 0 Å². The second kappa shape index (κ2) is 4.59. The minimum atomic E-state index is -0.210. The van der Waals surface area contributed by atoms with Crippen LogP contribution in [0.5, 0.6) is 0 Å². The van der Waals surface area contributed by atoms with Crippen LogP contribution in [0, 0.1) is 0 Å². The summed E-state index contributed by atoms with van der Waals surface area (Å²) in [4.78, 5) is 10.1. The van der Waals surface area contributed by atoms with Gasteiger partial charge in [-0.15, -0.1) is 0 Å². The largest absolute Gasteiger partial charge is 0.466 e. The molecule has 0 bridgehead atoms. The first-order chi connectivity index (χ1) is 3.77. The summed E-state index contributed by atoms with van der Waals surface area (Å²) in [5.74, 6) is -0.210. The molecule has 0 aliphatic rings. The number of rotatable bonds is 3. The van der Waals surface area contributed by atoms with Gasteiger partial charge in [0.15, 0.2) is 0 Å². The van der Waals surface area contributed by atoms with Crippen molar-refractivity contribution in [1.29, 1.82) is 0 Å². The second-order valence-electron chi connectivity index (χ2n) is 1.55. The predicted octanol–water partition coefficient (Wildman–Crippen LogP) is -0.818. The Morgan fingerprint density at radius 2 is 2.38 bits per heavy atom. The fourth-order valence-electron chi connectivity index (χ4n) is 0.318. The summed E-state index contributed by atoms with van der Waals surface area (Å²) < 4.78 is 4.60. The minimum absolute atomic E-state index is 0.210. The quantitative estimate of drug-likeness (QED) is 0.389. The van der Waals surface area contributed by atoms with E-state index in [1.54, 1.807) is 0 Å². The fourth-order valence-corrected chi connectivity index (χ4v) is 0.318. The molecule has 0 rings (SSSR count). The highest BCUT2D eigenvalue weighted by molar-refractivity contribution is 5.65. The fraction of sp³-hybridized carbons (Fsp3) is 0.800. The third-order valence-corrected chi connectivity index (χ3v) is 0.700. The Morgan fingerprint density at radius 1 is 1.75 bits per heavy atom. The lowest BCUT2D eigenvalue weighted by Gasteiger charge is -1.95. The molecule has 0 unspecified atom stereocenters. The lowest BCUT2D eigenvalue weighted by atomic mass is 10.5. The van der Waals surface area contributed by atoms with Crippen LogP contribution in [0.3, 0.4) is 0 Å². The van der Waals surface area contributed by atoms with Gasteiger partial charge in [-0.3, -0.25) is 4.79 Å². The lowest BCUT2D eigenvalue weighted by molar-refractivity contribution is -0.369. The van der Waals surface area contributed by atoms with E-state index in [1.807, 2.05) is 0 Å². The summed E-state index contributed by atoms with van der Waals surface area (Å²) in [6.45, 7) is 2.75. The molecule has 0 aliphatic carbocycles. The highest BCUT2D eigenvalue weighted by atomic mass is 16.5. The summed E-state index contributed by atoms with van der Waals surface area (Å²) in [6, 6.07) is 0. The average Bonchev–Trinajstić information content (AvgIpc) is 1.66. The summed E-state index contributed by atoms with van der Waals surface area (Å²) in [6.07, 6.45) is 0.861. The van der Waals surface area contributed by atoms with Crippen molar-refractivity contribution in [3.8, 4) is 0 Å². The summed E-state index contributed by atoms with van der Waals surface area (Å²) in [7, 11) is 0. The lowest BCUT2D eigenvalue weighted by Crippen LogP contribution is -2.50. The van der Waals surface area contributed by atoms with Crippen molar-refractivity contribution in [1.82, 2.24) is 0 Å². The van der Waals surface area contributed by atoms with E-state index in [1.165, 1.54) is 6.92 Å². The third-order valence-electron chi connectivity index (χ3n) is 0.700. The zero-order valence-corrected chi connectivity index (χ0v) is 5.14. The van der Waals surface area contributed by atoms with Crippen molar-refractivity contribution in [3.63, 3.8) is 0 Å². The maximum absolute atomic E-state index is 10.1. The molecule has 0 spiro atoms. The molecule has 0 aromatic heterocycles. The molecule has 0 aromatic carbocycles. The van der Waals surface area contributed by atoms with Crippen LogP contribution in [0.2, 0.25) is 0 Å². The molecule has 0 radical (unpaired) electrons. The number of ether oxygens (including phenoxy) is 1. The maximum Gasteiger partial charge on any atom is 0.302 e. The van der Waals surface area contributed by atoms with Crippen LogP contribution in [0.1, 0.15) is 13.3 Å². The van der Waals surface area contributed by atoms with Gasteiger partial charge in [0.1, 0.15) is 0 Å². The van der Waals surface area contributed by atoms with Crippen LogP contribution in [0.15, 0.2) is 0 Å². The van der Waals surface area contributed by atoms with Crippen molar-refractivity contribution >= 4 is 5.97 Å². The number of quaternary nitrogens is 1. The zero-order valence-electron chi connectivity index (χ0n) is 5.14. The van der Waals surface area contributed by atoms with Gasteiger partial charge in [-0.05, 0) is 0 Å². The standard InChI is InChI=1S/C5H11NO2/c1-5(7)8-4-2-3-6/h2-4,6H2,1H3/p+1. The van der Waals surface area contributed by atoms with E-state index in [0.29, 0.717) is 6.61 Å². The van der Waals surface area contributed by atoms with E-state index >= 15 is 0 Å². The molecule has 3 heteroatoms. The Bertz CT molecular complexity index is 72.8. The van der Waals surface area contributed by atoms with E-state index in [4.69, 9.17) is 0 Å². The molecule has 48 valence electrons. The zero-order chi connectivity index (χ0) is 6.41. The van der Waals surface area contributed by atoms with Crippen LogP contribution in [0.4, 0.5) is 0 Å². The summed E-state index contributed by atoms with van der Waals surface area (Å²) >= 11 is 0. The van der Waals surface area contributed by atoms with E-state index in [-0.39, 0.29) is 5.97 Å². The first kappa shape index (κ1) is 7.43. The van der Waals surface area contributed by atoms with Gasteiger partial charge in [0.25, 0.3) is 0 Å². The number of hydrogen-bond acceptors (Lipinski definition) is 2. The van der Waals surface area contributed by atoms with Crippen molar-refractivity contribution in [2.45, 2.75) is 13.3 Å². The Balaban J connectivity index is 2.82. The van der Waals surface area contributed by atoms with Crippen molar-refractivity contribution < 1.29 is 15.3 Å². The molecule has 8 heavy (non-hydrogen) atoms. The van der Waals surface area contributed by atoms with Crippen LogP contribution in [0.25, 0.3) is 0 Å². The molecule has 0 amide bonds. The Labute approximate surface area is 48.8 Å². The van der Waals surface area contributed by atoms with Crippen molar-refractivity contribution in [3.05, 3.63) is 0 Å². The maximum atomic E-state index is 10.1. The molecule has 0 saturated carbocycles. The van der Waals surface area contributed by atoms with Crippen LogP contribution in [-0.4, -0.2) is 19.1 Å². The van der Waals surface area contributed by atoms with Gasteiger partial charge in [0.2, 0.25) is 0 Å². The van der Waals surface area contributed by atoms with Gasteiger partial charge < -0.3 is 10.5 Å². The first-order valence-electron chi connectivity index (χ1n) is 2.70. The predicted molar refractivity (Wildman–Crippen MR) is 29.0 cm³/mol. The SMILES string of the molecule is CC(=O)OCCC[NH3+]. The highest BCUT2D eigenvalue weighted by Gasteiger charge is 1.89.